The number of methoxy groups -OCH3 is 1. The topological polar surface area (TPSA) is 47.9 Å². The summed E-state index contributed by atoms with van der Waals surface area (Å²) in [5.41, 5.74) is 1.10. The number of benzene rings is 1. The highest BCUT2D eigenvalue weighted by molar-refractivity contribution is 5.13. The van der Waals surface area contributed by atoms with Crippen LogP contribution in [0.2, 0.25) is 0 Å². The maximum absolute atomic E-state index is 10.0. The molecule has 0 radical (unpaired) electrons. The van der Waals surface area contributed by atoms with Crippen LogP contribution in [0.1, 0.15) is 18.9 Å². The molecule has 1 heterocycles. The predicted octanol–water partition coefficient (Wildman–Crippen LogP) is 1.71. The summed E-state index contributed by atoms with van der Waals surface area (Å²) >= 11 is 0. The highest BCUT2D eigenvalue weighted by atomic mass is 16.7. The number of aliphatic hydroxyl groups is 1. The molecule has 1 aromatic carbocycles. The summed E-state index contributed by atoms with van der Waals surface area (Å²) in [6.07, 6.45) is -0.893. The van der Waals surface area contributed by atoms with Gasteiger partial charge in [-0.15, -0.1) is 0 Å². The Labute approximate surface area is 107 Å². The molecule has 1 fully saturated rings. The molecule has 0 aliphatic carbocycles. The molecule has 1 aliphatic rings. The van der Waals surface area contributed by atoms with E-state index in [-0.39, 0.29) is 12.2 Å². The van der Waals surface area contributed by atoms with Crippen LogP contribution in [0, 0.1) is 0 Å². The molecule has 0 aromatic heterocycles. The maximum Gasteiger partial charge on any atom is 0.185 e. The van der Waals surface area contributed by atoms with Gasteiger partial charge in [0.2, 0.25) is 0 Å². The van der Waals surface area contributed by atoms with Gasteiger partial charge in [-0.2, -0.15) is 0 Å². The highest BCUT2D eigenvalue weighted by Gasteiger charge is 2.36. The Kier molecular flexibility index (Phi) is 4.72. The van der Waals surface area contributed by atoms with E-state index in [4.69, 9.17) is 14.2 Å². The van der Waals surface area contributed by atoms with Gasteiger partial charge in [0.1, 0.15) is 6.10 Å². The lowest BCUT2D eigenvalue weighted by molar-refractivity contribution is -0.263. The summed E-state index contributed by atoms with van der Waals surface area (Å²) in [6.45, 7) is 2.45. The zero-order valence-corrected chi connectivity index (χ0v) is 10.8. The third-order valence-corrected chi connectivity index (χ3v) is 3.13. The van der Waals surface area contributed by atoms with Crippen molar-refractivity contribution in [3.8, 4) is 0 Å². The molecule has 1 N–H and O–H groups in total. The molecule has 0 saturated carbocycles. The number of aliphatic hydroxyl groups excluding tert-OH is 1. The van der Waals surface area contributed by atoms with Crippen molar-refractivity contribution in [2.45, 2.75) is 44.6 Å². The van der Waals surface area contributed by atoms with E-state index in [2.05, 4.69) is 0 Å². The summed E-state index contributed by atoms with van der Waals surface area (Å²) in [5.74, 6) is 0. The lowest BCUT2D eigenvalue weighted by Crippen LogP contribution is -2.49. The van der Waals surface area contributed by atoms with Crippen molar-refractivity contribution in [1.29, 1.82) is 0 Å². The van der Waals surface area contributed by atoms with Crippen LogP contribution in [0.25, 0.3) is 0 Å². The van der Waals surface area contributed by atoms with E-state index in [1.54, 1.807) is 0 Å². The number of ether oxygens (including phenoxy) is 3. The molecule has 18 heavy (non-hydrogen) atoms. The molecule has 1 saturated heterocycles. The third-order valence-electron chi connectivity index (χ3n) is 3.13. The number of hydrogen-bond acceptors (Lipinski definition) is 4. The van der Waals surface area contributed by atoms with Gasteiger partial charge in [0.15, 0.2) is 6.29 Å². The molecule has 2 rings (SSSR count). The van der Waals surface area contributed by atoms with Crippen LogP contribution in [-0.4, -0.2) is 36.8 Å². The molecule has 0 unspecified atom stereocenters. The lowest BCUT2D eigenvalue weighted by atomic mass is 10.0. The second-order valence-corrected chi connectivity index (χ2v) is 4.61. The van der Waals surface area contributed by atoms with Crippen LogP contribution in [0.5, 0.6) is 0 Å². The predicted molar refractivity (Wildman–Crippen MR) is 67.0 cm³/mol. The maximum atomic E-state index is 10.0. The van der Waals surface area contributed by atoms with Gasteiger partial charge in [0, 0.05) is 13.5 Å². The van der Waals surface area contributed by atoms with E-state index in [1.165, 1.54) is 7.11 Å². The van der Waals surface area contributed by atoms with Crippen molar-refractivity contribution >= 4 is 0 Å². The zero-order chi connectivity index (χ0) is 13.0. The smallest absolute Gasteiger partial charge is 0.185 e. The van der Waals surface area contributed by atoms with Crippen molar-refractivity contribution in [3.05, 3.63) is 35.9 Å². The van der Waals surface area contributed by atoms with Crippen molar-refractivity contribution in [2.75, 3.05) is 7.11 Å². The number of rotatable bonds is 4. The Bertz CT molecular complexity index is 354. The summed E-state index contributed by atoms with van der Waals surface area (Å²) in [5, 5.41) is 10.0. The van der Waals surface area contributed by atoms with E-state index < -0.39 is 12.4 Å². The van der Waals surface area contributed by atoms with Crippen LogP contribution in [0.3, 0.4) is 0 Å². The van der Waals surface area contributed by atoms with Gasteiger partial charge < -0.3 is 19.3 Å². The van der Waals surface area contributed by atoms with Crippen molar-refractivity contribution < 1.29 is 19.3 Å². The highest BCUT2D eigenvalue weighted by Crippen LogP contribution is 2.23. The Hall–Kier alpha value is -0.940. The van der Waals surface area contributed by atoms with Crippen molar-refractivity contribution in [3.63, 3.8) is 0 Å². The zero-order valence-electron chi connectivity index (χ0n) is 10.8. The van der Waals surface area contributed by atoms with E-state index in [0.29, 0.717) is 13.0 Å². The van der Waals surface area contributed by atoms with Crippen molar-refractivity contribution in [1.82, 2.24) is 0 Å². The average Bonchev–Trinajstić information content (AvgIpc) is 2.40. The molecule has 1 aliphatic heterocycles. The minimum absolute atomic E-state index is 0.0270. The monoisotopic (exact) mass is 252 g/mol. The molecule has 4 atom stereocenters. The van der Waals surface area contributed by atoms with Crippen LogP contribution >= 0.6 is 0 Å². The van der Waals surface area contributed by atoms with Gasteiger partial charge in [-0.1, -0.05) is 30.3 Å². The van der Waals surface area contributed by atoms with Gasteiger partial charge in [-0.05, 0) is 12.5 Å². The Morgan fingerprint density at radius 1 is 1.33 bits per heavy atom. The Balaban J connectivity index is 1.91. The molecule has 0 amide bonds. The van der Waals surface area contributed by atoms with Gasteiger partial charge >= 0.3 is 0 Å². The summed E-state index contributed by atoms with van der Waals surface area (Å²) < 4.78 is 16.4. The third kappa shape index (κ3) is 3.29. The first-order chi connectivity index (χ1) is 8.70. The quantitative estimate of drug-likeness (QED) is 0.886. The van der Waals surface area contributed by atoms with E-state index in [0.717, 1.165) is 5.56 Å². The second-order valence-electron chi connectivity index (χ2n) is 4.61. The normalized spacial score (nSPS) is 32.4. The molecule has 4 nitrogen and oxygen atoms in total. The summed E-state index contributed by atoms with van der Waals surface area (Å²) in [4.78, 5) is 0. The molecule has 100 valence electrons. The first-order valence-corrected chi connectivity index (χ1v) is 6.22. The fourth-order valence-electron chi connectivity index (χ4n) is 2.15. The first kappa shape index (κ1) is 13.5. The molecule has 4 heteroatoms. The SMILES string of the molecule is CO[C@@H]1O[C@H](C)C[C@H](OCc2ccccc2)[C@H]1O. The molecule has 0 bridgehead atoms. The minimum Gasteiger partial charge on any atom is -0.385 e. The minimum atomic E-state index is -0.741. The van der Waals surface area contributed by atoms with Crippen LogP contribution in [0.15, 0.2) is 30.3 Å². The molecule has 0 spiro atoms. The summed E-state index contributed by atoms with van der Waals surface area (Å²) in [6, 6.07) is 9.92. The van der Waals surface area contributed by atoms with Crippen LogP contribution in [-0.2, 0) is 20.8 Å². The molecule has 1 aromatic rings. The van der Waals surface area contributed by atoms with E-state index in [1.807, 2.05) is 37.3 Å². The standard InChI is InChI=1S/C14H20O4/c1-10-8-12(13(15)14(16-2)18-10)17-9-11-6-4-3-5-7-11/h3-7,10,12-15H,8-9H2,1-2H3/t10-,12+,13-,14-/m1/s1. The largest absolute Gasteiger partial charge is 0.385 e. The van der Waals surface area contributed by atoms with Crippen molar-refractivity contribution in [2.24, 2.45) is 0 Å². The van der Waals surface area contributed by atoms with E-state index >= 15 is 0 Å². The fraction of sp³-hybridized carbons (Fsp3) is 0.571. The van der Waals surface area contributed by atoms with Crippen LogP contribution in [0.4, 0.5) is 0 Å². The van der Waals surface area contributed by atoms with Gasteiger partial charge in [0.05, 0.1) is 18.8 Å². The molecular formula is C14H20O4. The van der Waals surface area contributed by atoms with Gasteiger partial charge in [0.25, 0.3) is 0 Å². The molecular weight excluding hydrogens is 232 g/mol. The Morgan fingerprint density at radius 3 is 2.72 bits per heavy atom. The first-order valence-electron chi connectivity index (χ1n) is 6.22. The Morgan fingerprint density at radius 2 is 2.06 bits per heavy atom. The van der Waals surface area contributed by atoms with Gasteiger partial charge in [-0.25, -0.2) is 0 Å². The van der Waals surface area contributed by atoms with Gasteiger partial charge in [-0.3, -0.25) is 0 Å². The number of hydrogen-bond donors (Lipinski definition) is 1. The van der Waals surface area contributed by atoms with Crippen LogP contribution < -0.4 is 0 Å². The average molecular weight is 252 g/mol. The second kappa shape index (κ2) is 6.29. The lowest BCUT2D eigenvalue weighted by Gasteiger charge is -2.37. The van der Waals surface area contributed by atoms with E-state index in [9.17, 15) is 5.11 Å². The summed E-state index contributed by atoms with van der Waals surface area (Å²) in [7, 11) is 1.53. The fourth-order valence-corrected chi connectivity index (χ4v) is 2.15.